The van der Waals surface area contributed by atoms with Gasteiger partial charge in [0.15, 0.2) is 11.6 Å². The molecular weight excluding hydrogens is 355 g/mol. The fourth-order valence-electron chi connectivity index (χ4n) is 2.81. The van der Waals surface area contributed by atoms with Gasteiger partial charge >= 0.3 is 0 Å². The van der Waals surface area contributed by atoms with Gasteiger partial charge in [-0.15, -0.1) is 0 Å². The Labute approximate surface area is 152 Å². The number of hydrogen-bond donors (Lipinski definition) is 1. The van der Waals surface area contributed by atoms with Crippen molar-refractivity contribution in [2.75, 3.05) is 12.4 Å². The van der Waals surface area contributed by atoms with E-state index in [1.165, 1.54) is 24.7 Å². The SMILES string of the molecule is CNc1nc(-c2cnccn2)nc2c(F)c(-c3cc(F)cc(F)c3)ccc12. The second-order valence-corrected chi connectivity index (χ2v) is 5.72. The maximum Gasteiger partial charge on any atom is 0.182 e. The molecule has 27 heavy (non-hydrogen) atoms. The van der Waals surface area contributed by atoms with E-state index in [2.05, 4.69) is 25.3 Å². The maximum atomic E-state index is 15.2. The number of nitrogens with zero attached hydrogens (tertiary/aromatic N) is 4. The van der Waals surface area contributed by atoms with E-state index in [9.17, 15) is 8.78 Å². The highest BCUT2D eigenvalue weighted by Crippen LogP contribution is 2.32. The highest BCUT2D eigenvalue weighted by atomic mass is 19.1. The zero-order chi connectivity index (χ0) is 19.0. The van der Waals surface area contributed by atoms with Gasteiger partial charge in [-0.1, -0.05) is 6.07 Å². The zero-order valence-corrected chi connectivity index (χ0v) is 14.0. The molecule has 0 fully saturated rings. The Hall–Kier alpha value is -3.55. The number of benzene rings is 2. The van der Waals surface area contributed by atoms with Crippen LogP contribution in [0.1, 0.15) is 0 Å². The molecule has 0 radical (unpaired) electrons. The molecule has 0 saturated carbocycles. The fraction of sp³-hybridized carbons (Fsp3) is 0.0526. The molecule has 0 atom stereocenters. The number of aromatic nitrogens is 4. The number of rotatable bonds is 3. The van der Waals surface area contributed by atoms with Crippen LogP contribution in [0.3, 0.4) is 0 Å². The third-order valence-corrected chi connectivity index (χ3v) is 4.01. The zero-order valence-electron chi connectivity index (χ0n) is 14.0. The molecule has 5 nitrogen and oxygen atoms in total. The quantitative estimate of drug-likeness (QED) is 0.588. The Morgan fingerprint density at radius 2 is 1.70 bits per heavy atom. The Morgan fingerprint density at radius 1 is 0.926 bits per heavy atom. The van der Waals surface area contributed by atoms with Crippen molar-refractivity contribution >= 4 is 16.7 Å². The molecule has 0 bridgehead atoms. The van der Waals surface area contributed by atoms with Crippen LogP contribution in [0.25, 0.3) is 33.5 Å². The van der Waals surface area contributed by atoms with Gasteiger partial charge in [-0.3, -0.25) is 4.98 Å². The van der Waals surface area contributed by atoms with Crippen LogP contribution in [0.2, 0.25) is 0 Å². The third-order valence-electron chi connectivity index (χ3n) is 4.01. The molecule has 0 unspecified atom stereocenters. The molecule has 0 aliphatic rings. The van der Waals surface area contributed by atoms with Gasteiger partial charge in [0, 0.05) is 36.5 Å². The van der Waals surface area contributed by atoms with E-state index in [-0.39, 0.29) is 22.5 Å². The highest BCUT2D eigenvalue weighted by Gasteiger charge is 2.17. The van der Waals surface area contributed by atoms with Crippen molar-refractivity contribution in [3.63, 3.8) is 0 Å². The van der Waals surface area contributed by atoms with E-state index >= 15 is 4.39 Å². The van der Waals surface area contributed by atoms with Crippen molar-refractivity contribution in [2.24, 2.45) is 0 Å². The second-order valence-electron chi connectivity index (χ2n) is 5.72. The molecule has 4 rings (SSSR count). The Morgan fingerprint density at radius 3 is 2.37 bits per heavy atom. The summed E-state index contributed by atoms with van der Waals surface area (Å²) >= 11 is 0. The topological polar surface area (TPSA) is 63.6 Å². The first-order chi connectivity index (χ1) is 13.1. The Kier molecular flexibility index (Phi) is 4.15. The number of nitrogens with one attached hydrogen (secondary N) is 1. The molecular formula is C19H12F3N5. The first-order valence-corrected chi connectivity index (χ1v) is 7.97. The van der Waals surface area contributed by atoms with Crippen molar-refractivity contribution in [1.29, 1.82) is 0 Å². The summed E-state index contributed by atoms with van der Waals surface area (Å²) in [5.74, 6) is -1.70. The minimum absolute atomic E-state index is 0.0113. The van der Waals surface area contributed by atoms with Gasteiger partial charge in [0.25, 0.3) is 0 Å². The van der Waals surface area contributed by atoms with Gasteiger partial charge in [-0.2, -0.15) is 0 Å². The summed E-state index contributed by atoms with van der Waals surface area (Å²) in [6.45, 7) is 0. The van der Waals surface area contributed by atoms with E-state index in [4.69, 9.17) is 0 Å². The molecule has 2 aromatic carbocycles. The van der Waals surface area contributed by atoms with Crippen LogP contribution in [0.4, 0.5) is 19.0 Å². The fourth-order valence-corrected chi connectivity index (χ4v) is 2.81. The number of anilines is 1. The van der Waals surface area contributed by atoms with Crippen LogP contribution in [0.5, 0.6) is 0 Å². The average molecular weight is 367 g/mol. The van der Waals surface area contributed by atoms with Crippen molar-refractivity contribution in [3.8, 4) is 22.6 Å². The predicted molar refractivity (Wildman–Crippen MR) is 95.4 cm³/mol. The molecule has 1 N–H and O–H groups in total. The number of fused-ring (bicyclic) bond motifs is 1. The standard InChI is InChI=1S/C19H12F3N5/c1-23-18-14-3-2-13(10-6-11(20)8-12(21)7-10)16(22)17(14)26-19(27-18)15-9-24-4-5-25-15/h2-9H,1H3,(H,23,26,27). The normalized spacial score (nSPS) is 11.0. The van der Waals surface area contributed by atoms with E-state index in [0.29, 0.717) is 16.9 Å². The molecule has 0 spiro atoms. The lowest BCUT2D eigenvalue weighted by molar-refractivity contribution is 0.583. The third kappa shape index (κ3) is 3.05. The molecule has 4 aromatic rings. The first-order valence-electron chi connectivity index (χ1n) is 7.97. The summed E-state index contributed by atoms with van der Waals surface area (Å²) in [6, 6.07) is 5.91. The van der Waals surface area contributed by atoms with Gasteiger partial charge in [0.05, 0.1) is 6.20 Å². The smallest absolute Gasteiger partial charge is 0.182 e. The van der Waals surface area contributed by atoms with Gasteiger partial charge < -0.3 is 5.32 Å². The van der Waals surface area contributed by atoms with Gasteiger partial charge in [-0.05, 0) is 23.8 Å². The molecule has 134 valence electrons. The van der Waals surface area contributed by atoms with E-state index in [1.54, 1.807) is 13.1 Å². The Bertz CT molecular complexity index is 1130. The van der Waals surface area contributed by atoms with E-state index in [0.717, 1.165) is 18.2 Å². The van der Waals surface area contributed by atoms with Crippen molar-refractivity contribution in [1.82, 2.24) is 19.9 Å². The molecule has 8 heteroatoms. The van der Waals surface area contributed by atoms with Crippen LogP contribution in [-0.2, 0) is 0 Å². The predicted octanol–water partition coefficient (Wildman–Crippen LogP) is 4.21. The summed E-state index contributed by atoms with van der Waals surface area (Å²) in [4.78, 5) is 16.7. The monoisotopic (exact) mass is 367 g/mol. The highest BCUT2D eigenvalue weighted by molar-refractivity contribution is 5.93. The molecule has 2 aromatic heterocycles. The van der Waals surface area contributed by atoms with Crippen molar-refractivity contribution < 1.29 is 13.2 Å². The summed E-state index contributed by atoms with van der Waals surface area (Å²) in [7, 11) is 1.65. The molecule has 0 aliphatic heterocycles. The van der Waals surface area contributed by atoms with Gasteiger partial charge in [-0.25, -0.2) is 28.1 Å². The molecule has 0 aliphatic carbocycles. The Balaban J connectivity index is 1.98. The lowest BCUT2D eigenvalue weighted by Gasteiger charge is -2.11. The van der Waals surface area contributed by atoms with Crippen LogP contribution in [-0.4, -0.2) is 27.0 Å². The van der Waals surface area contributed by atoms with Crippen LogP contribution < -0.4 is 5.32 Å². The van der Waals surface area contributed by atoms with Gasteiger partial charge in [0.1, 0.15) is 28.7 Å². The average Bonchev–Trinajstić information content (AvgIpc) is 2.67. The lowest BCUT2D eigenvalue weighted by atomic mass is 10.0. The van der Waals surface area contributed by atoms with Gasteiger partial charge in [0.2, 0.25) is 0 Å². The van der Waals surface area contributed by atoms with E-state index in [1.807, 2.05) is 0 Å². The number of halogens is 3. The molecule has 2 heterocycles. The maximum absolute atomic E-state index is 15.2. The molecule has 0 amide bonds. The van der Waals surface area contributed by atoms with Crippen molar-refractivity contribution in [3.05, 3.63) is 66.4 Å². The van der Waals surface area contributed by atoms with Crippen LogP contribution in [0, 0.1) is 17.5 Å². The van der Waals surface area contributed by atoms with Crippen LogP contribution >= 0.6 is 0 Å². The van der Waals surface area contributed by atoms with E-state index < -0.39 is 17.5 Å². The lowest BCUT2D eigenvalue weighted by Crippen LogP contribution is -2.02. The van der Waals surface area contributed by atoms with Crippen LogP contribution in [0.15, 0.2) is 48.9 Å². The minimum atomic E-state index is -0.789. The number of hydrogen-bond acceptors (Lipinski definition) is 5. The summed E-state index contributed by atoms with van der Waals surface area (Å²) < 4.78 is 42.3. The molecule has 0 saturated heterocycles. The summed E-state index contributed by atoms with van der Waals surface area (Å²) in [6.07, 6.45) is 4.44. The largest absolute Gasteiger partial charge is 0.373 e. The minimum Gasteiger partial charge on any atom is -0.373 e. The summed E-state index contributed by atoms with van der Waals surface area (Å²) in [5.41, 5.74) is 0.499. The van der Waals surface area contributed by atoms with Crippen molar-refractivity contribution in [2.45, 2.75) is 0 Å². The second kappa shape index (κ2) is 6.64. The summed E-state index contributed by atoms with van der Waals surface area (Å²) in [5, 5.41) is 3.33. The first kappa shape index (κ1) is 16.9.